The molecule has 1 aromatic rings. The van der Waals surface area contributed by atoms with E-state index in [1.165, 1.54) is 6.07 Å². The van der Waals surface area contributed by atoms with Crippen molar-refractivity contribution in [3.63, 3.8) is 0 Å². The number of nitrogens with zero attached hydrogens (tertiary/aromatic N) is 1. The zero-order valence-corrected chi connectivity index (χ0v) is 7.14. The van der Waals surface area contributed by atoms with Gasteiger partial charge in [0.1, 0.15) is 12.4 Å². The summed E-state index contributed by atoms with van der Waals surface area (Å²) in [5, 5.41) is 2.60. The first kappa shape index (κ1) is 8.33. The molecule has 0 amide bonds. The van der Waals surface area contributed by atoms with E-state index in [1.54, 1.807) is 12.1 Å². The van der Waals surface area contributed by atoms with Gasteiger partial charge in [-0.15, -0.1) is 0 Å². The highest BCUT2D eigenvalue weighted by atomic mass is 79.9. The van der Waals surface area contributed by atoms with Gasteiger partial charge < -0.3 is 0 Å². The predicted octanol–water partition coefficient (Wildman–Crippen LogP) is 2.85. The van der Waals surface area contributed by atoms with Crippen molar-refractivity contribution < 1.29 is 4.39 Å². The van der Waals surface area contributed by atoms with E-state index in [1.807, 2.05) is 0 Å². The molecule has 11 heavy (non-hydrogen) atoms. The van der Waals surface area contributed by atoms with E-state index in [-0.39, 0.29) is 6.54 Å². The van der Waals surface area contributed by atoms with Crippen LogP contribution in [0.4, 0.5) is 4.39 Å². The molecule has 0 aliphatic rings. The first-order valence-electron chi connectivity index (χ1n) is 2.97. The maximum Gasteiger partial charge on any atom is 0.142 e. The molecule has 0 aromatic heterocycles. The van der Waals surface area contributed by atoms with Crippen LogP contribution in [0.1, 0.15) is 5.56 Å². The molecular formula is C7H5BrFNO. The third-order valence-corrected chi connectivity index (χ3v) is 1.88. The third-order valence-electron chi connectivity index (χ3n) is 1.27. The molecule has 0 spiro atoms. The summed E-state index contributed by atoms with van der Waals surface area (Å²) in [7, 11) is 0. The molecule has 0 bridgehead atoms. The molecule has 0 unspecified atom stereocenters. The number of hydrogen-bond acceptors (Lipinski definition) is 2. The number of benzene rings is 1. The lowest BCUT2D eigenvalue weighted by atomic mass is 10.2. The van der Waals surface area contributed by atoms with Crippen LogP contribution in [0.5, 0.6) is 0 Å². The van der Waals surface area contributed by atoms with E-state index in [0.29, 0.717) is 10.0 Å². The first-order chi connectivity index (χ1) is 5.25. The normalized spacial score (nSPS) is 9.64. The quantitative estimate of drug-likeness (QED) is 0.701. The minimum atomic E-state index is -0.410. The van der Waals surface area contributed by atoms with Crippen molar-refractivity contribution in [1.82, 2.24) is 0 Å². The monoisotopic (exact) mass is 217 g/mol. The van der Waals surface area contributed by atoms with Crippen molar-refractivity contribution in [3.8, 4) is 0 Å². The Hall–Kier alpha value is -0.770. The highest BCUT2D eigenvalue weighted by molar-refractivity contribution is 9.10. The first-order valence-corrected chi connectivity index (χ1v) is 3.77. The van der Waals surface area contributed by atoms with Crippen molar-refractivity contribution >= 4 is 15.9 Å². The topological polar surface area (TPSA) is 29.4 Å². The summed E-state index contributed by atoms with van der Waals surface area (Å²) in [5.41, 5.74) is 0.314. The van der Waals surface area contributed by atoms with E-state index in [9.17, 15) is 9.30 Å². The Labute approximate surface area is 71.5 Å². The summed E-state index contributed by atoms with van der Waals surface area (Å²) in [6.45, 7) is -0.120. The lowest BCUT2D eigenvalue weighted by Crippen LogP contribution is -1.87. The summed E-state index contributed by atoms with van der Waals surface area (Å²) < 4.78 is 13.3. The summed E-state index contributed by atoms with van der Waals surface area (Å²) in [6, 6.07) is 4.76. The minimum absolute atomic E-state index is 0.120. The molecule has 0 aliphatic heterocycles. The molecule has 2 nitrogen and oxygen atoms in total. The summed E-state index contributed by atoms with van der Waals surface area (Å²) in [6.07, 6.45) is 0. The van der Waals surface area contributed by atoms with Crippen LogP contribution in [0.2, 0.25) is 0 Å². The van der Waals surface area contributed by atoms with Gasteiger partial charge >= 0.3 is 0 Å². The Bertz CT molecular complexity index is 277. The second-order valence-electron chi connectivity index (χ2n) is 2.00. The van der Waals surface area contributed by atoms with Crippen molar-refractivity contribution in [1.29, 1.82) is 0 Å². The van der Waals surface area contributed by atoms with Gasteiger partial charge in [-0.3, -0.25) is 0 Å². The molecule has 0 heterocycles. The van der Waals surface area contributed by atoms with Crippen LogP contribution in [-0.4, -0.2) is 0 Å². The van der Waals surface area contributed by atoms with Crippen molar-refractivity contribution in [2.45, 2.75) is 6.54 Å². The Morgan fingerprint density at radius 2 is 2.27 bits per heavy atom. The summed E-state index contributed by atoms with van der Waals surface area (Å²) in [5.74, 6) is -0.410. The molecular weight excluding hydrogens is 213 g/mol. The Balaban J connectivity index is 3.05. The largest absolute Gasteiger partial charge is 0.205 e. The molecule has 1 rings (SSSR count). The van der Waals surface area contributed by atoms with Gasteiger partial charge in [-0.1, -0.05) is 17.3 Å². The number of hydrogen-bond donors (Lipinski definition) is 0. The van der Waals surface area contributed by atoms with Gasteiger partial charge in [-0.05, 0) is 22.0 Å². The van der Waals surface area contributed by atoms with E-state index in [4.69, 9.17) is 0 Å². The van der Waals surface area contributed by atoms with Crippen LogP contribution in [0.15, 0.2) is 27.8 Å². The average molecular weight is 218 g/mol. The lowest BCUT2D eigenvalue weighted by Gasteiger charge is -1.97. The van der Waals surface area contributed by atoms with Crippen molar-refractivity contribution in [2.24, 2.45) is 5.18 Å². The third kappa shape index (κ3) is 1.83. The Morgan fingerprint density at radius 3 is 2.91 bits per heavy atom. The van der Waals surface area contributed by atoms with E-state index in [0.717, 1.165) is 0 Å². The maximum absolute atomic E-state index is 12.9. The van der Waals surface area contributed by atoms with Crippen LogP contribution in [0.25, 0.3) is 0 Å². The zero-order chi connectivity index (χ0) is 8.27. The standard InChI is InChI=1S/C7H5BrFNO/c8-6-3-1-2-5(4-10-11)7(6)9/h1-3H,4H2. The second-order valence-corrected chi connectivity index (χ2v) is 2.85. The zero-order valence-electron chi connectivity index (χ0n) is 5.55. The van der Waals surface area contributed by atoms with E-state index in [2.05, 4.69) is 21.1 Å². The smallest absolute Gasteiger partial charge is 0.142 e. The van der Waals surface area contributed by atoms with Gasteiger partial charge in [0.15, 0.2) is 0 Å². The highest BCUT2D eigenvalue weighted by Gasteiger charge is 2.04. The number of halogens is 2. The van der Waals surface area contributed by atoms with Crippen LogP contribution in [0, 0.1) is 10.7 Å². The van der Waals surface area contributed by atoms with Crippen LogP contribution in [0.3, 0.4) is 0 Å². The fourth-order valence-corrected chi connectivity index (χ4v) is 1.15. The SMILES string of the molecule is O=NCc1cccc(Br)c1F. The van der Waals surface area contributed by atoms with E-state index < -0.39 is 5.82 Å². The van der Waals surface area contributed by atoms with Gasteiger partial charge in [0.25, 0.3) is 0 Å². The fraction of sp³-hybridized carbons (Fsp3) is 0.143. The molecule has 4 heteroatoms. The molecule has 1 aromatic carbocycles. The summed E-state index contributed by atoms with van der Waals surface area (Å²) >= 11 is 3.00. The number of nitroso groups, excluding NO2 is 1. The lowest BCUT2D eigenvalue weighted by molar-refractivity contribution is 0.604. The molecule has 0 atom stereocenters. The summed E-state index contributed by atoms with van der Waals surface area (Å²) in [4.78, 5) is 9.81. The molecule has 0 saturated carbocycles. The van der Waals surface area contributed by atoms with Crippen molar-refractivity contribution in [3.05, 3.63) is 39.0 Å². The van der Waals surface area contributed by atoms with Crippen molar-refractivity contribution in [2.75, 3.05) is 0 Å². The number of rotatable bonds is 2. The van der Waals surface area contributed by atoms with Crippen LogP contribution < -0.4 is 0 Å². The van der Waals surface area contributed by atoms with Gasteiger partial charge in [0.05, 0.1) is 4.47 Å². The van der Waals surface area contributed by atoms with Crippen LogP contribution in [-0.2, 0) is 6.54 Å². The van der Waals surface area contributed by atoms with Crippen LogP contribution >= 0.6 is 15.9 Å². The molecule has 58 valence electrons. The fourth-order valence-electron chi connectivity index (χ4n) is 0.740. The Morgan fingerprint density at radius 1 is 1.55 bits per heavy atom. The molecule has 0 N–H and O–H groups in total. The highest BCUT2D eigenvalue weighted by Crippen LogP contribution is 2.18. The molecule has 0 saturated heterocycles. The second kappa shape index (κ2) is 3.57. The van der Waals surface area contributed by atoms with Gasteiger partial charge in [-0.2, -0.15) is 4.91 Å². The van der Waals surface area contributed by atoms with E-state index >= 15 is 0 Å². The predicted molar refractivity (Wildman–Crippen MR) is 43.6 cm³/mol. The minimum Gasteiger partial charge on any atom is -0.205 e. The average Bonchev–Trinajstić information content (AvgIpc) is 1.99. The molecule has 0 fully saturated rings. The van der Waals surface area contributed by atoms with Gasteiger partial charge in [0.2, 0.25) is 0 Å². The van der Waals surface area contributed by atoms with Gasteiger partial charge in [0, 0.05) is 5.56 Å². The Kier molecular flexibility index (Phi) is 2.70. The molecule has 0 radical (unpaired) electrons. The maximum atomic E-state index is 12.9. The molecule has 0 aliphatic carbocycles. The van der Waals surface area contributed by atoms with Gasteiger partial charge in [-0.25, -0.2) is 4.39 Å².